The van der Waals surface area contributed by atoms with E-state index in [1.54, 1.807) is 7.05 Å². The number of hydrogen-bond acceptors (Lipinski definition) is 5. The highest BCUT2D eigenvalue weighted by Crippen LogP contribution is 2.48. The smallest absolute Gasteiger partial charge is 0.357 e. The summed E-state index contributed by atoms with van der Waals surface area (Å²) in [5.74, 6) is 0.543. The molecule has 1 N–H and O–H groups in total. The van der Waals surface area contributed by atoms with Gasteiger partial charge in [0.2, 0.25) is 16.0 Å². The largest absolute Gasteiger partial charge is 0.416 e. The van der Waals surface area contributed by atoms with Gasteiger partial charge in [0.1, 0.15) is 0 Å². The molecule has 0 saturated carbocycles. The van der Waals surface area contributed by atoms with Crippen LogP contribution in [0.2, 0.25) is 0 Å². The minimum Gasteiger partial charge on any atom is -0.357 e. The summed E-state index contributed by atoms with van der Waals surface area (Å²) in [7, 11) is -2.12. The highest BCUT2D eigenvalue weighted by Gasteiger charge is 2.44. The minimum atomic E-state index is -4.51. The molecule has 34 heavy (non-hydrogen) atoms. The quantitative estimate of drug-likeness (QED) is 0.588. The predicted molar refractivity (Wildman–Crippen MR) is 122 cm³/mol. The van der Waals surface area contributed by atoms with E-state index in [9.17, 15) is 21.6 Å². The normalized spacial score (nSPS) is 17.8. The summed E-state index contributed by atoms with van der Waals surface area (Å²) in [6.07, 6.45) is -0.787. The summed E-state index contributed by atoms with van der Waals surface area (Å²) in [4.78, 5) is 8.91. The van der Waals surface area contributed by atoms with Crippen LogP contribution in [0.5, 0.6) is 0 Å². The van der Waals surface area contributed by atoms with Crippen LogP contribution in [-0.4, -0.2) is 42.8 Å². The lowest BCUT2D eigenvalue weighted by Crippen LogP contribution is -2.47. The lowest BCUT2D eigenvalue weighted by molar-refractivity contribution is -0.137. The topological polar surface area (TPSA) is 75.2 Å². The molecule has 2 aromatic carbocycles. The molecule has 6 nitrogen and oxygen atoms in total. The molecule has 0 atom stereocenters. The fourth-order valence-electron chi connectivity index (χ4n) is 5.07. The molecule has 0 unspecified atom stereocenters. The fraction of sp³-hybridized carbons (Fsp3) is 0.333. The number of anilines is 1. The lowest BCUT2D eigenvalue weighted by atomic mass is 9.64. The maximum absolute atomic E-state index is 13.2. The van der Waals surface area contributed by atoms with Crippen molar-refractivity contribution in [2.75, 3.05) is 25.5 Å². The summed E-state index contributed by atoms with van der Waals surface area (Å²) in [6, 6.07) is 11.8. The van der Waals surface area contributed by atoms with E-state index in [4.69, 9.17) is 0 Å². The Kier molecular flexibility index (Phi) is 5.40. The third-order valence-electron chi connectivity index (χ3n) is 6.87. The van der Waals surface area contributed by atoms with Crippen molar-refractivity contribution in [2.24, 2.45) is 0 Å². The molecule has 1 aliphatic heterocycles. The van der Waals surface area contributed by atoms with E-state index in [2.05, 4.69) is 21.4 Å². The van der Waals surface area contributed by atoms with Crippen LogP contribution in [0.4, 0.5) is 19.1 Å². The lowest BCUT2D eigenvalue weighted by Gasteiger charge is -2.45. The number of aromatic nitrogens is 2. The van der Waals surface area contributed by atoms with Gasteiger partial charge >= 0.3 is 6.18 Å². The molecule has 0 bridgehead atoms. The van der Waals surface area contributed by atoms with Crippen LogP contribution in [0.1, 0.15) is 29.5 Å². The van der Waals surface area contributed by atoms with Crippen molar-refractivity contribution in [1.29, 1.82) is 0 Å². The Morgan fingerprint density at radius 3 is 2.35 bits per heavy atom. The Labute approximate surface area is 195 Å². The standard InChI is InChI=1S/C24H23F3N4O2S/c1-28-22-29-15-16-14-23(20-5-3-2-4-19(20)21(16)30-22)10-12-31(13-11-23)34(32,33)18-8-6-17(7-9-18)24(25,26)27/h2-9,15H,10-14H2,1H3,(H,28,29,30). The number of halogens is 3. The zero-order chi connectivity index (χ0) is 24.1. The van der Waals surface area contributed by atoms with Gasteiger partial charge in [-0.2, -0.15) is 17.5 Å². The van der Waals surface area contributed by atoms with Crippen LogP contribution < -0.4 is 5.32 Å². The number of piperidine rings is 1. The SMILES string of the molecule is CNc1ncc2c(n1)-c1ccccc1C1(CCN(S(=O)(=O)c3ccc(C(F)(F)F)cc3)CC1)C2. The van der Waals surface area contributed by atoms with Gasteiger partial charge in [-0.3, -0.25) is 0 Å². The number of nitrogens with one attached hydrogen (secondary N) is 1. The highest BCUT2D eigenvalue weighted by molar-refractivity contribution is 7.89. The summed E-state index contributed by atoms with van der Waals surface area (Å²) in [6.45, 7) is 0.560. The average Bonchev–Trinajstić information content (AvgIpc) is 2.84. The Hall–Kier alpha value is -2.98. The number of fused-ring (bicyclic) bond motifs is 4. The van der Waals surface area contributed by atoms with Gasteiger partial charge in [0.15, 0.2) is 0 Å². The molecule has 1 fully saturated rings. The van der Waals surface area contributed by atoms with E-state index >= 15 is 0 Å². The van der Waals surface area contributed by atoms with Crippen molar-refractivity contribution < 1.29 is 21.6 Å². The second kappa shape index (κ2) is 8.06. The van der Waals surface area contributed by atoms with Crippen LogP contribution in [0.25, 0.3) is 11.3 Å². The van der Waals surface area contributed by atoms with Crippen molar-refractivity contribution in [3.63, 3.8) is 0 Å². The van der Waals surface area contributed by atoms with Crippen LogP contribution in [0.15, 0.2) is 59.6 Å². The highest BCUT2D eigenvalue weighted by atomic mass is 32.2. The van der Waals surface area contributed by atoms with Crippen molar-refractivity contribution in [3.8, 4) is 11.3 Å². The molecule has 2 heterocycles. The molecular weight excluding hydrogens is 465 g/mol. The van der Waals surface area contributed by atoms with Crippen molar-refractivity contribution in [2.45, 2.75) is 35.7 Å². The maximum atomic E-state index is 13.2. The molecule has 178 valence electrons. The van der Waals surface area contributed by atoms with E-state index in [1.807, 2.05) is 24.4 Å². The third-order valence-corrected chi connectivity index (χ3v) is 8.78. The Bertz CT molecular complexity index is 1330. The van der Waals surface area contributed by atoms with Crippen LogP contribution in [-0.2, 0) is 28.0 Å². The van der Waals surface area contributed by atoms with Crippen molar-refractivity contribution in [1.82, 2.24) is 14.3 Å². The van der Waals surface area contributed by atoms with Crippen LogP contribution in [0.3, 0.4) is 0 Å². The molecule has 2 aliphatic rings. The Morgan fingerprint density at radius 1 is 1.03 bits per heavy atom. The number of hydrogen-bond donors (Lipinski definition) is 1. The Balaban J connectivity index is 1.42. The number of rotatable bonds is 3. The zero-order valence-electron chi connectivity index (χ0n) is 18.4. The first-order chi connectivity index (χ1) is 16.1. The van der Waals surface area contributed by atoms with E-state index in [0.29, 0.717) is 25.2 Å². The van der Waals surface area contributed by atoms with Gasteiger partial charge in [-0.15, -0.1) is 0 Å². The molecule has 1 aromatic heterocycles. The molecule has 3 aromatic rings. The Morgan fingerprint density at radius 2 is 1.71 bits per heavy atom. The number of benzene rings is 2. The third kappa shape index (κ3) is 3.74. The van der Waals surface area contributed by atoms with Gasteiger partial charge in [-0.25, -0.2) is 18.4 Å². The minimum absolute atomic E-state index is 0.126. The first-order valence-corrected chi connectivity index (χ1v) is 12.4. The van der Waals surface area contributed by atoms with Gasteiger partial charge < -0.3 is 5.32 Å². The molecule has 10 heteroatoms. The number of alkyl halides is 3. The first-order valence-electron chi connectivity index (χ1n) is 11.0. The van der Waals surface area contributed by atoms with Gasteiger partial charge in [-0.1, -0.05) is 24.3 Å². The molecule has 0 amide bonds. The van der Waals surface area contributed by atoms with Crippen molar-refractivity contribution >= 4 is 16.0 Å². The summed E-state index contributed by atoms with van der Waals surface area (Å²) < 4.78 is 66.3. The predicted octanol–water partition coefficient (Wildman–Crippen LogP) is 4.48. The zero-order valence-corrected chi connectivity index (χ0v) is 19.2. The van der Waals surface area contributed by atoms with Gasteiger partial charge in [0.05, 0.1) is 16.2 Å². The first kappa shape index (κ1) is 22.8. The monoisotopic (exact) mass is 488 g/mol. The molecule has 5 rings (SSSR count). The second-order valence-electron chi connectivity index (χ2n) is 8.75. The summed E-state index contributed by atoms with van der Waals surface area (Å²) in [5, 5.41) is 2.97. The van der Waals surface area contributed by atoms with E-state index in [0.717, 1.165) is 46.6 Å². The molecular formula is C24H23F3N4O2S. The summed E-state index contributed by atoms with van der Waals surface area (Å²) >= 11 is 0. The second-order valence-corrected chi connectivity index (χ2v) is 10.7. The molecule has 1 spiro atoms. The maximum Gasteiger partial charge on any atom is 0.416 e. The molecule has 1 saturated heterocycles. The van der Waals surface area contributed by atoms with Crippen molar-refractivity contribution in [3.05, 3.63) is 71.4 Å². The number of sulfonamides is 1. The average molecular weight is 489 g/mol. The summed E-state index contributed by atoms with van der Waals surface area (Å²) in [5.41, 5.74) is 2.97. The number of nitrogens with zero attached hydrogens (tertiary/aromatic N) is 3. The fourth-order valence-corrected chi connectivity index (χ4v) is 6.51. The van der Waals surface area contributed by atoms with E-state index in [1.165, 1.54) is 4.31 Å². The molecule has 1 aliphatic carbocycles. The van der Waals surface area contributed by atoms with Crippen LogP contribution in [0, 0.1) is 0 Å². The van der Waals surface area contributed by atoms with Gasteiger partial charge in [-0.05, 0) is 54.7 Å². The molecule has 0 radical (unpaired) electrons. The van der Waals surface area contributed by atoms with E-state index in [-0.39, 0.29) is 23.4 Å². The van der Waals surface area contributed by atoms with Crippen LogP contribution >= 0.6 is 0 Å². The van der Waals surface area contributed by atoms with Gasteiger partial charge in [0.25, 0.3) is 0 Å². The van der Waals surface area contributed by atoms with Gasteiger partial charge in [0, 0.05) is 37.3 Å². The van der Waals surface area contributed by atoms with E-state index < -0.39 is 21.8 Å².